The number of hydrogen-bond donors (Lipinski definition) is 1. The number of fused-ring (bicyclic) bond motifs is 1. The van der Waals surface area contributed by atoms with Crippen molar-refractivity contribution >= 4 is 22.5 Å². The average Bonchev–Trinajstić information content (AvgIpc) is 2.60. The van der Waals surface area contributed by atoms with Crippen molar-refractivity contribution in [2.45, 2.75) is 13.8 Å². The highest BCUT2D eigenvalue weighted by Crippen LogP contribution is 2.24. The van der Waals surface area contributed by atoms with Crippen molar-refractivity contribution in [2.75, 3.05) is 13.6 Å². The first-order valence-electron chi connectivity index (χ1n) is 8.05. The number of carbonyl (C=O) groups is 1. The third-order valence-corrected chi connectivity index (χ3v) is 4.67. The van der Waals surface area contributed by atoms with Gasteiger partial charge in [-0.3, -0.25) is 4.79 Å². The van der Waals surface area contributed by atoms with Gasteiger partial charge in [-0.1, -0.05) is 35.9 Å². The van der Waals surface area contributed by atoms with E-state index in [0.29, 0.717) is 6.54 Å². The summed E-state index contributed by atoms with van der Waals surface area (Å²) in [7, 11) is 1.85. The van der Waals surface area contributed by atoms with Crippen LogP contribution < -0.4 is 10.0 Å². The summed E-state index contributed by atoms with van der Waals surface area (Å²) >= 11 is 0. The summed E-state index contributed by atoms with van der Waals surface area (Å²) in [5.74, 6) is -0.201. The van der Waals surface area contributed by atoms with Crippen LogP contribution in [0.25, 0.3) is 10.9 Å². The summed E-state index contributed by atoms with van der Waals surface area (Å²) in [6.07, 6.45) is 0. The number of quaternary nitrogens is 1. The van der Waals surface area contributed by atoms with Gasteiger partial charge in [0, 0.05) is 5.52 Å². The zero-order chi connectivity index (χ0) is 17.3. The molecule has 3 aromatic rings. The number of hydrogen-bond acceptors (Lipinski definition) is 2. The lowest BCUT2D eigenvalue weighted by molar-refractivity contribution is 0.0806. The maximum Gasteiger partial charge on any atom is 0.356 e. The Balaban J connectivity index is 2.13. The SMILES string of the molecule is CC[N+](C)(C(=O)c1cc2ccccc2[nH]c1=O)c1ccc(C)cc1. The Hall–Kier alpha value is -2.72. The molecule has 0 spiro atoms. The molecule has 3 rings (SSSR count). The van der Waals surface area contributed by atoms with Crippen LogP contribution in [0.3, 0.4) is 0 Å². The molecule has 0 aliphatic carbocycles. The number of pyridine rings is 1. The normalized spacial score (nSPS) is 13.6. The molecular formula is C20H21N2O2+. The first-order chi connectivity index (χ1) is 11.5. The standard InChI is InChI=1S/C20H20N2O2/c1-4-22(3,16-11-9-14(2)10-12-16)20(24)17-13-15-7-5-6-8-18(15)21-19(17)23/h5-13H,4H2,1-3H3/p+1. The second-order valence-electron chi connectivity index (χ2n) is 6.25. The van der Waals surface area contributed by atoms with Gasteiger partial charge in [-0.2, -0.15) is 0 Å². The third-order valence-electron chi connectivity index (χ3n) is 4.67. The largest absolute Gasteiger partial charge is 0.356 e. The first-order valence-corrected chi connectivity index (χ1v) is 8.05. The number of para-hydroxylation sites is 1. The zero-order valence-corrected chi connectivity index (χ0v) is 14.2. The summed E-state index contributed by atoms with van der Waals surface area (Å²) < 4.78 is 0.0572. The molecule has 0 aliphatic heterocycles. The van der Waals surface area contributed by atoms with E-state index in [1.54, 1.807) is 6.07 Å². The van der Waals surface area contributed by atoms with E-state index in [9.17, 15) is 9.59 Å². The van der Waals surface area contributed by atoms with E-state index in [0.717, 1.165) is 22.2 Å². The van der Waals surface area contributed by atoms with Gasteiger partial charge in [0.25, 0.3) is 5.56 Å². The summed E-state index contributed by atoms with van der Waals surface area (Å²) in [5, 5.41) is 0.854. The average molecular weight is 321 g/mol. The molecule has 0 saturated carbocycles. The molecule has 4 heteroatoms. The Bertz CT molecular complexity index is 957. The quantitative estimate of drug-likeness (QED) is 0.749. The lowest BCUT2D eigenvalue weighted by Gasteiger charge is -2.29. The second-order valence-corrected chi connectivity index (χ2v) is 6.25. The van der Waals surface area contributed by atoms with Gasteiger partial charge in [0.15, 0.2) is 0 Å². The number of amides is 1. The Morgan fingerprint density at radius 1 is 1.08 bits per heavy atom. The number of nitrogens with zero attached hydrogens (tertiary/aromatic N) is 1. The van der Waals surface area contributed by atoms with Crippen molar-refractivity contribution in [1.82, 2.24) is 9.47 Å². The summed E-state index contributed by atoms with van der Waals surface area (Å²) in [4.78, 5) is 28.4. The van der Waals surface area contributed by atoms with Crippen molar-refractivity contribution in [3.8, 4) is 0 Å². The van der Waals surface area contributed by atoms with Gasteiger partial charge >= 0.3 is 5.91 Å². The molecular weight excluding hydrogens is 300 g/mol. The lowest BCUT2D eigenvalue weighted by Crippen LogP contribution is -2.52. The minimum atomic E-state index is -0.344. The zero-order valence-electron chi connectivity index (χ0n) is 14.2. The van der Waals surface area contributed by atoms with Gasteiger partial charge in [0.2, 0.25) is 0 Å². The molecule has 0 fully saturated rings. The molecule has 0 radical (unpaired) electrons. The van der Waals surface area contributed by atoms with Crippen molar-refractivity contribution in [2.24, 2.45) is 0 Å². The molecule has 122 valence electrons. The van der Waals surface area contributed by atoms with Crippen LogP contribution in [0, 0.1) is 6.92 Å². The van der Waals surface area contributed by atoms with Crippen molar-refractivity contribution in [1.29, 1.82) is 0 Å². The predicted octanol–water partition coefficient (Wildman–Crippen LogP) is 3.63. The van der Waals surface area contributed by atoms with E-state index in [2.05, 4.69) is 4.98 Å². The van der Waals surface area contributed by atoms with Gasteiger partial charge in [-0.05, 0) is 43.5 Å². The predicted molar refractivity (Wildman–Crippen MR) is 98.3 cm³/mol. The molecule has 1 N–H and O–H groups in total. The van der Waals surface area contributed by atoms with Crippen LogP contribution in [0.2, 0.25) is 0 Å². The minimum Gasteiger partial charge on any atom is -0.321 e. The van der Waals surface area contributed by atoms with Crippen molar-refractivity contribution in [3.05, 3.63) is 76.1 Å². The number of benzene rings is 2. The van der Waals surface area contributed by atoms with Gasteiger partial charge in [-0.15, -0.1) is 0 Å². The van der Waals surface area contributed by atoms with Gasteiger partial charge < -0.3 is 4.98 Å². The Morgan fingerprint density at radius 3 is 2.42 bits per heavy atom. The molecule has 1 atom stereocenters. The van der Waals surface area contributed by atoms with E-state index in [1.807, 2.05) is 69.4 Å². The Morgan fingerprint density at radius 2 is 1.75 bits per heavy atom. The number of rotatable bonds is 3. The van der Waals surface area contributed by atoms with E-state index >= 15 is 0 Å². The summed E-state index contributed by atoms with van der Waals surface area (Å²) in [6, 6.07) is 17.0. The fraction of sp³-hybridized carbons (Fsp3) is 0.200. The van der Waals surface area contributed by atoms with Crippen LogP contribution >= 0.6 is 0 Å². The highest BCUT2D eigenvalue weighted by Gasteiger charge is 2.35. The Labute approximate surface area is 141 Å². The molecule has 24 heavy (non-hydrogen) atoms. The number of carbonyl (C=O) groups excluding carboxylic acids is 1. The number of aryl methyl sites for hydroxylation is 1. The second kappa shape index (κ2) is 6.06. The summed E-state index contributed by atoms with van der Waals surface area (Å²) in [6.45, 7) is 4.52. The number of aromatic amines is 1. The monoisotopic (exact) mass is 321 g/mol. The van der Waals surface area contributed by atoms with E-state index in [-0.39, 0.29) is 21.5 Å². The molecule has 2 aromatic carbocycles. The summed E-state index contributed by atoms with van der Waals surface area (Å²) in [5.41, 5.74) is 2.60. The molecule has 1 amide bonds. The van der Waals surface area contributed by atoms with Crippen LogP contribution in [0.5, 0.6) is 0 Å². The number of nitrogens with one attached hydrogen (secondary N) is 1. The lowest BCUT2D eigenvalue weighted by atomic mass is 10.1. The highest BCUT2D eigenvalue weighted by atomic mass is 16.2. The fourth-order valence-corrected chi connectivity index (χ4v) is 2.89. The van der Waals surface area contributed by atoms with Crippen molar-refractivity contribution in [3.63, 3.8) is 0 Å². The molecule has 1 aromatic heterocycles. The molecule has 1 heterocycles. The third kappa shape index (κ3) is 2.65. The topological polar surface area (TPSA) is 49.9 Å². The molecule has 4 nitrogen and oxygen atoms in total. The first kappa shape index (κ1) is 16.1. The van der Waals surface area contributed by atoms with E-state index in [4.69, 9.17) is 0 Å². The highest BCUT2D eigenvalue weighted by molar-refractivity contribution is 6.03. The van der Waals surface area contributed by atoms with Crippen LogP contribution in [-0.4, -0.2) is 24.5 Å². The smallest absolute Gasteiger partial charge is 0.321 e. The maximum absolute atomic E-state index is 13.2. The van der Waals surface area contributed by atoms with E-state index in [1.165, 1.54) is 0 Å². The van der Waals surface area contributed by atoms with Crippen molar-refractivity contribution < 1.29 is 4.79 Å². The maximum atomic E-state index is 13.2. The van der Waals surface area contributed by atoms with Crippen LogP contribution in [0.4, 0.5) is 5.69 Å². The van der Waals surface area contributed by atoms with Gasteiger partial charge in [0.05, 0.1) is 13.6 Å². The van der Waals surface area contributed by atoms with Crippen LogP contribution in [-0.2, 0) is 0 Å². The Kier molecular flexibility index (Phi) is 4.08. The minimum absolute atomic E-state index is 0.0572. The fourth-order valence-electron chi connectivity index (χ4n) is 2.89. The van der Waals surface area contributed by atoms with Crippen LogP contribution in [0.15, 0.2) is 59.4 Å². The molecule has 0 aliphatic rings. The van der Waals surface area contributed by atoms with Gasteiger partial charge in [0.1, 0.15) is 11.3 Å². The molecule has 1 unspecified atom stereocenters. The van der Waals surface area contributed by atoms with E-state index < -0.39 is 0 Å². The molecule has 0 saturated heterocycles. The van der Waals surface area contributed by atoms with Gasteiger partial charge in [-0.25, -0.2) is 9.28 Å². The molecule has 0 bridgehead atoms. The number of aromatic nitrogens is 1. The van der Waals surface area contributed by atoms with Crippen LogP contribution in [0.1, 0.15) is 22.8 Å². The number of H-pyrrole nitrogens is 1.